The van der Waals surface area contributed by atoms with Gasteiger partial charge in [-0.3, -0.25) is 37.3 Å². The first-order chi connectivity index (χ1) is 41.7. The highest BCUT2D eigenvalue weighted by atomic mass is 31.2. The molecule has 0 aliphatic rings. The molecule has 0 aromatic carbocycles. The van der Waals surface area contributed by atoms with Crippen molar-refractivity contribution in [2.75, 3.05) is 39.6 Å². The van der Waals surface area contributed by atoms with Gasteiger partial charge in [0.1, 0.15) is 19.3 Å². The van der Waals surface area contributed by atoms with E-state index in [1.807, 2.05) is 0 Å². The Kier molecular flexibility index (Phi) is 59.6. The summed E-state index contributed by atoms with van der Waals surface area (Å²) in [6.45, 7) is 4.81. The molecular weight excluding hydrogens is 1140 g/mol. The number of hydrogen-bond donors (Lipinski definition) is 3. The van der Waals surface area contributed by atoms with E-state index < -0.39 is 97.5 Å². The summed E-state index contributed by atoms with van der Waals surface area (Å²) in [5, 5.41) is 10.5. The third kappa shape index (κ3) is 60.5. The van der Waals surface area contributed by atoms with Gasteiger partial charge >= 0.3 is 39.5 Å². The van der Waals surface area contributed by atoms with Crippen molar-refractivity contribution in [2.24, 2.45) is 0 Å². The minimum Gasteiger partial charge on any atom is -0.462 e. The molecule has 86 heavy (non-hydrogen) atoms. The Morgan fingerprint density at radius 2 is 0.558 bits per heavy atom. The summed E-state index contributed by atoms with van der Waals surface area (Å²) < 4.78 is 68.0. The van der Waals surface area contributed by atoms with E-state index in [2.05, 4.69) is 52.0 Å². The van der Waals surface area contributed by atoms with Crippen molar-refractivity contribution in [1.29, 1.82) is 0 Å². The molecule has 17 nitrogen and oxygen atoms in total. The number of ether oxygens (including phenoxy) is 4. The molecule has 0 aliphatic heterocycles. The van der Waals surface area contributed by atoms with Gasteiger partial charge in [0.25, 0.3) is 0 Å². The van der Waals surface area contributed by atoms with E-state index >= 15 is 0 Å². The van der Waals surface area contributed by atoms with Gasteiger partial charge in [-0.2, -0.15) is 0 Å². The molecule has 0 aromatic rings. The van der Waals surface area contributed by atoms with Gasteiger partial charge in [0.15, 0.2) is 12.2 Å². The molecule has 0 saturated carbocycles. The van der Waals surface area contributed by atoms with Crippen molar-refractivity contribution in [2.45, 2.75) is 341 Å². The molecule has 0 aromatic heterocycles. The Labute approximate surface area is 522 Å². The number of hydrogen-bond acceptors (Lipinski definition) is 15. The van der Waals surface area contributed by atoms with Gasteiger partial charge in [-0.1, -0.05) is 270 Å². The van der Waals surface area contributed by atoms with Crippen LogP contribution in [0.2, 0.25) is 0 Å². The summed E-state index contributed by atoms with van der Waals surface area (Å²) in [5.41, 5.74) is 0. The molecule has 0 saturated heterocycles. The van der Waals surface area contributed by atoms with Crippen molar-refractivity contribution in [1.82, 2.24) is 0 Å². The Morgan fingerprint density at radius 3 is 0.849 bits per heavy atom. The molecule has 0 rings (SSSR count). The van der Waals surface area contributed by atoms with E-state index in [1.165, 1.54) is 128 Å². The van der Waals surface area contributed by atoms with Crippen LogP contribution >= 0.6 is 15.6 Å². The smallest absolute Gasteiger partial charge is 0.462 e. The summed E-state index contributed by atoms with van der Waals surface area (Å²) in [6.07, 6.45) is 50.8. The number of phosphoric acid groups is 2. The first-order valence-electron chi connectivity index (χ1n) is 34.6. The van der Waals surface area contributed by atoms with Crippen LogP contribution in [0.3, 0.4) is 0 Å². The molecule has 506 valence electrons. The highest BCUT2D eigenvalue weighted by molar-refractivity contribution is 7.47. The predicted molar refractivity (Wildman–Crippen MR) is 345 cm³/mol. The van der Waals surface area contributed by atoms with Crippen molar-refractivity contribution >= 4 is 39.5 Å². The van der Waals surface area contributed by atoms with Crippen LogP contribution < -0.4 is 0 Å². The van der Waals surface area contributed by atoms with Crippen LogP contribution in [0.5, 0.6) is 0 Å². The van der Waals surface area contributed by atoms with Crippen molar-refractivity contribution in [3.05, 3.63) is 24.3 Å². The Morgan fingerprint density at radius 1 is 0.326 bits per heavy atom. The molecule has 0 amide bonds. The first-order valence-corrected chi connectivity index (χ1v) is 37.6. The lowest BCUT2D eigenvalue weighted by Gasteiger charge is -2.21. The highest BCUT2D eigenvalue weighted by Crippen LogP contribution is 2.45. The second-order valence-corrected chi connectivity index (χ2v) is 26.4. The number of esters is 4. The minimum atomic E-state index is -4.95. The van der Waals surface area contributed by atoms with Crippen LogP contribution in [-0.4, -0.2) is 96.7 Å². The number of carbonyl (C=O) groups excluding carboxylic acids is 4. The zero-order valence-corrected chi connectivity index (χ0v) is 56.6. The molecule has 5 atom stereocenters. The maximum atomic E-state index is 13.0. The molecule has 0 bridgehead atoms. The quantitative estimate of drug-likeness (QED) is 0.0169. The first kappa shape index (κ1) is 83.5. The van der Waals surface area contributed by atoms with Crippen LogP contribution in [0.25, 0.3) is 0 Å². The number of carbonyl (C=O) groups is 4. The molecule has 0 spiro atoms. The van der Waals surface area contributed by atoms with Gasteiger partial charge in [-0.25, -0.2) is 9.13 Å². The van der Waals surface area contributed by atoms with Crippen LogP contribution in [-0.2, 0) is 65.4 Å². The molecule has 0 aliphatic carbocycles. The van der Waals surface area contributed by atoms with Gasteiger partial charge in [-0.05, 0) is 51.4 Å². The molecule has 0 fully saturated rings. The molecule has 0 heterocycles. The van der Waals surface area contributed by atoms with E-state index in [0.717, 1.165) is 116 Å². The Hall–Kier alpha value is -2.46. The number of allylic oxidation sites excluding steroid dienone is 4. The SMILES string of the molecule is CCCCCC/C=C\C=C/CCCCCCCC(=O)O[C@H](COC(=O)CCCCCCCCCCCCCCCC)COP(=O)(O)OC[C@@H](O)COP(=O)(O)OC[C@@H](COC(=O)CCCCCCCCC)OC(=O)CCCCCCCCCCCC. The fourth-order valence-electron chi connectivity index (χ4n) is 9.62. The van der Waals surface area contributed by atoms with E-state index in [0.29, 0.717) is 25.7 Å². The molecule has 19 heteroatoms. The highest BCUT2D eigenvalue weighted by Gasteiger charge is 2.30. The normalized spacial score (nSPS) is 14.3. The Balaban J connectivity index is 5.24. The molecular formula is C67H126O17P2. The lowest BCUT2D eigenvalue weighted by Crippen LogP contribution is -2.30. The number of rotatable bonds is 66. The second kappa shape index (κ2) is 61.4. The summed E-state index contributed by atoms with van der Waals surface area (Å²) in [6, 6.07) is 0. The predicted octanol–water partition coefficient (Wildman–Crippen LogP) is 18.7. The second-order valence-electron chi connectivity index (χ2n) is 23.5. The standard InChI is InChI=1S/C67H126O17P2/c1-5-9-13-17-21-24-27-29-31-33-35-38-42-46-50-54-67(72)84-63(58-78-65(70)52-48-44-40-37-34-32-30-28-25-22-18-14-10-6-2)60-82-86(75,76)80-56-61(68)55-79-85(73,74)81-59-62(57-77-64(69)51-47-43-39-20-16-12-8-4)83-66(71)53-49-45-41-36-26-23-19-15-11-7-3/h24,27,29,31,61-63,68H,5-23,25-26,28,30,32-60H2,1-4H3,(H,73,74)(H,75,76)/b27-24-,31-29-/t61-,62+,63+/m0/s1. The summed E-state index contributed by atoms with van der Waals surface area (Å²) in [5.74, 6) is -2.16. The van der Waals surface area contributed by atoms with Gasteiger partial charge < -0.3 is 33.8 Å². The lowest BCUT2D eigenvalue weighted by molar-refractivity contribution is -0.161. The Bertz CT molecular complexity index is 1750. The topological polar surface area (TPSA) is 237 Å². The van der Waals surface area contributed by atoms with Crippen LogP contribution in [0, 0.1) is 0 Å². The maximum Gasteiger partial charge on any atom is 0.472 e. The largest absolute Gasteiger partial charge is 0.472 e. The third-order valence-corrected chi connectivity index (χ3v) is 16.9. The van der Waals surface area contributed by atoms with E-state index in [1.54, 1.807) is 0 Å². The van der Waals surface area contributed by atoms with Gasteiger partial charge in [-0.15, -0.1) is 0 Å². The third-order valence-electron chi connectivity index (χ3n) is 15.0. The van der Waals surface area contributed by atoms with Crippen molar-refractivity contribution in [3.8, 4) is 0 Å². The molecule has 0 radical (unpaired) electrons. The number of aliphatic hydroxyl groups is 1. The van der Waals surface area contributed by atoms with Crippen molar-refractivity contribution < 1.29 is 80.2 Å². The fourth-order valence-corrected chi connectivity index (χ4v) is 11.2. The average Bonchev–Trinajstić information content (AvgIpc) is 3.63. The molecule has 2 unspecified atom stereocenters. The summed E-state index contributed by atoms with van der Waals surface area (Å²) in [4.78, 5) is 72.2. The fraction of sp³-hybridized carbons (Fsp3) is 0.881. The van der Waals surface area contributed by atoms with Crippen LogP contribution in [0.1, 0.15) is 323 Å². The zero-order chi connectivity index (χ0) is 63.3. The van der Waals surface area contributed by atoms with Crippen molar-refractivity contribution in [3.63, 3.8) is 0 Å². The van der Waals surface area contributed by atoms with E-state index in [4.69, 9.17) is 37.0 Å². The number of aliphatic hydroxyl groups excluding tert-OH is 1. The monoisotopic (exact) mass is 1260 g/mol. The van der Waals surface area contributed by atoms with Crippen LogP contribution in [0.4, 0.5) is 0 Å². The zero-order valence-electron chi connectivity index (χ0n) is 54.8. The number of phosphoric ester groups is 2. The van der Waals surface area contributed by atoms with Gasteiger partial charge in [0, 0.05) is 25.7 Å². The van der Waals surface area contributed by atoms with Crippen LogP contribution in [0.15, 0.2) is 24.3 Å². The lowest BCUT2D eigenvalue weighted by atomic mass is 10.0. The van der Waals surface area contributed by atoms with E-state index in [9.17, 15) is 43.2 Å². The summed E-state index contributed by atoms with van der Waals surface area (Å²) >= 11 is 0. The molecule has 3 N–H and O–H groups in total. The van der Waals surface area contributed by atoms with Gasteiger partial charge in [0.05, 0.1) is 26.4 Å². The maximum absolute atomic E-state index is 13.0. The van der Waals surface area contributed by atoms with Gasteiger partial charge in [0.2, 0.25) is 0 Å². The number of unbranched alkanes of at least 4 members (excludes halogenated alkanes) is 37. The summed E-state index contributed by atoms with van der Waals surface area (Å²) in [7, 11) is -9.90. The average molecular weight is 1270 g/mol. The minimum absolute atomic E-state index is 0.0857. The van der Waals surface area contributed by atoms with E-state index in [-0.39, 0.29) is 25.7 Å².